The van der Waals surface area contributed by atoms with Crippen molar-refractivity contribution < 1.29 is 17.9 Å². The van der Waals surface area contributed by atoms with Crippen LogP contribution in [-0.4, -0.2) is 26.2 Å². The van der Waals surface area contributed by atoms with E-state index in [9.17, 15) is 13.2 Å². The van der Waals surface area contributed by atoms with Gasteiger partial charge in [0.15, 0.2) is 9.84 Å². The summed E-state index contributed by atoms with van der Waals surface area (Å²) in [6, 6.07) is 17.2. The molecule has 1 unspecified atom stereocenters. The van der Waals surface area contributed by atoms with Crippen LogP contribution in [0.4, 0.5) is 0 Å². The first-order valence-electron chi connectivity index (χ1n) is 9.07. The molecule has 5 heteroatoms. The Kier molecular flexibility index (Phi) is 7.80. The van der Waals surface area contributed by atoms with E-state index in [0.717, 1.165) is 0 Å². The van der Waals surface area contributed by atoms with Crippen molar-refractivity contribution in [2.24, 2.45) is 5.92 Å². The maximum atomic E-state index is 12.3. The van der Waals surface area contributed by atoms with Gasteiger partial charge in [0.25, 0.3) is 0 Å². The van der Waals surface area contributed by atoms with E-state index in [0.29, 0.717) is 29.2 Å². The fraction of sp³-hybridized carbons (Fsp3) is 0.318. The van der Waals surface area contributed by atoms with Crippen molar-refractivity contribution in [1.82, 2.24) is 0 Å². The minimum absolute atomic E-state index is 0.0714. The largest absolute Gasteiger partial charge is 0.458 e. The van der Waals surface area contributed by atoms with Crippen LogP contribution < -0.4 is 0 Å². The average molecular weight is 387 g/mol. The molecule has 0 aliphatic rings. The Morgan fingerprint density at radius 3 is 2.15 bits per heavy atom. The van der Waals surface area contributed by atoms with Gasteiger partial charge >= 0.3 is 5.97 Å². The van der Waals surface area contributed by atoms with E-state index in [-0.39, 0.29) is 17.8 Å². The molecule has 2 aromatic carbocycles. The summed E-state index contributed by atoms with van der Waals surface area (Å²) in [7, 11) is -3.34. The lowest BCUT2D eigenvalue weighted by molar-refractivity contribution is 0.0261. The lowest BCUT2D eigenvalue weighted by Gasteiger charge is -2.18. The highest BCUT2D eigenvalue weighted by atomic mass is 32.2. The Bertz CT molecular complexity index is 840. The molecular weight excluding hydrogens is 360 g/mol. The number of esters is 1. The van der Waals surface area contributed by atoms with E-state index in [1.165, 1.54) is 0 Å². The second-order valence-electron chi connectivity index (χ2n) is 6.82. The van der Waals surface area contributed by atoms with Gasteiger partial charge in [-0.3, -0.25) is 0 Å². The van der Waals surface area contributed by atoms with Crippen molar-refractivity contribution >= 4 is 15.8 Å². The van der Waals surface area contributed by atoms with Crippen molar-refractivity contribution in [3.8, 4) is 0 Å². The zero-order valence-electron chi connectivity index (χ0n) is 15.7. The van der Waals surface area contributed by atoms with Gasteiger partial charge in [-0.1, -0.05) is 62.4 Å². The second-order valence-corrected chi connectivity index (χ2v) is 8.86. The summed E-state index contributed by atoms with van der Waals surface area (Å²) in [5, 5.41) is 0. The highest BCUT2D eigenvalue weighted by Crippen LogP contribution is 2.16. The smallest absolute Gasteiger partial charge is 0.338 e. The summed E-state index contributed by atoms with van der Waals surface area (Å²) < 4.78 is 30.2. The van der Waals surface area contributed by atoms with Gasteiger partial charge in [-0.25, -0.2) is 13.2 Å². The van der Waals surface area contributed by atoms with Crippen molar-refractivity contribution in [3.05, 3.63) is 78.4 Å². The SMILES string of the molecule is CC(C)CC(C/C=C/CS(=O)(=O)c1ccccc1)OC(=O)c1ccccc1. The summed E-state index contributed by atoms with van der Waals surface area (Å²) >= 11 is 0. The quantitative estimate of drug-likeness (QED) is 0.464. The third-order valence-electron chi connectivity index (χ3n) is 4.00. The molecule has 0 amide bonds. The van der Waals surface area contributed by atoms with Crippen LogP contribution >= 0.6 is 0 Å². The van der Waals surface area contributed by atoms with Gasteiger partial charge in [0, 0.05) is 6.42 Å². The summed E-state index contributed by atoms with van der Waals surface area (Å²) in [5.41, 5.74) is 0.516. The topological polar surface area (TPSA) is 60.4 Å². The van der Waals surface area contributed by atoms with Crippen LogP contribution in [0, 0.1) is 5.92 Å². The van der Waals surface area contributed by atoms with Crippen LogP contribution in [0.2, 0.25) is 0 Å². The van der Waals surface area contributed by atoms with E-state index in [1.54, 1.807) is 66.7 Å². The second kappa shape index (κ2) is 10.1. The van der Waals surface area contributed by atoms with Crippen molar-refractivity contribution in [3.63, 3.8) is 0 Å². The molecule has 0 bridgehead atoms. The molecular formula is C22H26O4S. The molecule has 0 radical (unpaired) electrons. The van der Waals surface area contributed by atoms with Crippen LogP contribution in [0.25, 0.3) is 0 Å². The predicted octanol–water partition coefficient (Wildman–Crippen LogP) is 4.68. The van der Waals surface area contributed by atoms with Crippen LogP contribution in [-0.2, 0) is 14.6 Å². The van der Waals surface area contributed by atoms with E-state index < -0.39 is 9.84 Å². The van der Waals surface area contributed by atoms with E-state index >= 15 is 0 Å². The number of carbonyl (C=O) groups is 1. The van der Waals surface area contributed by atoms with E-state index in [1.807, 2.05) is 6.07 Å². The molecule has 2 rings (SSSR count). The number of sulfone groups is 1. The van der Waals surface area contributed by atoms with Gasteiger partial charge in [-0.2, -0.15) is 0 Å². The minimum atomic E-state index is -3.34. The van der Waals surface area contributed by atoms with Crippen LogP contribution in [0.5, 0.6) is 0 Å². The summed E-state index contributed by atoms with van der Waals surface area (Å²) in [6.45, 7) is 4.12. The fourth-order valence-corrected chi connectivity index (χ4v) is 3.83. The summed E-state index contributed by atoms with van der Waals surface area (Å²) in [6.07, 6.45) is 4.33. The van der Waals surface area contributed by atoms with Gasteiger partial charge in [0.1, 0.15) is 6.10 Å². The molecule has 0 fully saturated rings. The van der Waals surface area contributed by atoms with Crippen molar-refractivity contribution in [2.45, 2.75) is 37.7 Å². The number of carbonyl (C=O) groups excluding carboxylic acids is 1. The first-order chi connectivity index (χ1) is 12.9. The molecule has 0 saturated carbocycles. The molecule has 0 aliphatic heterocycles. The first kappa shape index (κ1) is 20.9. The Balaban J connectivity index is 1.95. The molecule has 0 aliphatic carbocycles. The molecule has 0 saturated heterocycles. The zero-order valence-corrected chi connectivity index (χ0v) is 16.6. The highest BCUT2D eigenvalue weighted by molar-refractivity contribution is 7.91. The Morgan fingerprint density at radius 2 is 1.56 bits per heavy atom. The highest BCUT2D eigenvalue weighted by Gasteiger charge is 2.17. The van der Waals surface area contributed by atoms with Gasteiger partial charge in [0.05, 0.1) is 16.2 Å². The summed E-state index contributed by atoms with van der Waals surface area (Å²) in [5.74, 6) is -0.0653. The average Bonchev–Trinajstić information content (AvgIpc) is 2.66. The molecule has 0 N–H and O–H groups in total. The van der Waals surface area contributed by atoms with Crippen LogP contribution in [0.15, 0.2) is 77.7 Å². The molecule has 1 atom stereocenters. The van der Waals surface area contributed by atoms with Gasteiger partial charge in [-0.15, -0.1) is 0 Å². The maximum absolute atomic E-state index is 12.3. The Morgan fingerprint density at radius 1 is 0.963 bits per heavy atom. The third kappa shape index (κ3) is 7.02. The molecule has 0 aromatic heterocycles. The molecule has 0 spiro atoms. The Hall–Kier alpha value is -2.40. The van der Waals surface area contributed by atoms with Gasteiger partial charge in [-0.05, 0) is 36.6 Å². The molecule has 0 heterocycles. The Labute approximate surface area is 161 Å². The number of hydrogen-bond acceptors (Lipinski definition) is 4. The first-order valence-corrected chi connectivity index (χ1v) is 10.7. The van der Waals surface area contributed by atoms with Gasteiger partial charge in [0.2, 0.25) is 0 Å². The minimum Gasteiger partial charge on any atom is -0.458 e. The van der Waals surface area contributed by atoms with Crippen molar-refractivity contribution in [2.75, 3.05) is 5.75 Å². The number of hydrogen-bond donors (Lipinski definition) is 0. The fourth-order valence-electron chi connectivity index (χ4n) is 2.68. The van der Waals surface area contributed by atoms with E-state index in [4.69, 9.17) is 4.74 Å². The molecule has 144 valence electrons. The number of benzene rings is 2. The number of ether oxygens (including phenoxy) is 1. The van der Waals surface area contributed by atoms with Crippen LogP contribution in [0.3, 0.4) is 0 Å². The molecule has 27 heavy (non-hydrogen) atoms. The monoisotopic (exact) mass is 386 g/mol. The van der Waals surface area contributed by atoms with Crippen molar-refractivity contribution in [1.29, 1.82) is 0 Å². The lowest BCUT2D eigenvalue weighted by Crippen LogP contribution is -2.20. The standard InChI is InChI=1S/C22H26O4S/c1-18(2)17-20(26-22(23)19-11-5-3-6-12-19)13-9-10-16-27(24,25)21-14-7-4-8-15-21/h3-12,14-15,18,20H,13,16-17H2,1-2H3/b10-9+. The summed E-state index contributed by atoms with van der Waals surface area (Å²) in [4.78, 5) is 12.6. The van der Waals surface area contributed by atoms with Gasteiger partial charge < -0.3 is 4.74 Å². The molecule has 4 nitrogen and oxygen atoms in total. The van der Waals surface area contributed by atoms with E-state index in [2.05, 4.69) is 13.8 Å². The zero-order chi connectivity index (χ0) is 19.7. The number of rotatable bonds is 9. The molecule has 2 aromatic rings. The maximum Gasteiger partial charge on any atom is 0.338 e. The van der Waals surface area contributed by atoms with Crippen LogP contribution in [0.1, 0.15) is 37.0 Å². The normalized spacial score (nSPS) is 13.0. The lowest BCUT2D eigenvalue weighted by atomic mass is 10.0. The predicted molar refractivity (Wildman–Crippen MR) is 107 cm³/mol. The third-order valence-corrected chi connectivity index (χ3v) is 5.62.